The first-order chi connectivity index (χ1) is 9.41. The fourth-order valence-electron chi connectivity index (χ4n) is 1.73. The van der Waals surface area contributed by atoms with E-state index >= 15 is 0 Å². The summed E-state index contributed by atoms with van der Waals surface area (Å²) in [6.45, 7) is 1.63. The number of nitrogen functional groups attached to an aromatic ring is 1. The molecule has 7 heteroatoms. The van der Waals surface area contributed by atoms with Gasteiger partial charge in [-0.05, 0) is 24.3 Å². The fraction of sp³-hybridized carbons (Fsp3) is 0.308. The topological polar surface area (TPSA) is 102 Å². The summed E-state index contributed by atoms with van der Waals surface area (Å²) in [5.41, 5.74) is 6.79. The van der Waals surface area contributed by atoms with Crippen molar-refractivity contribution in [2.24, 2.45) is 0 Å². The standard InChI is InChI=1S/C13H16N2O4S/c1-2-20(17,18)6-5-15-13(16)12-8-9-7-10(14)3-4-11(9)19-12/h3-4,7-8H,2,5-6,14H2,1H3,(H,15,16). The van der Waals surface area contributed by atoms with E-state index in [1.165, 1.54) is 0 Å². The van der Waals surface area contributed by atoms with E-state index in [4.69, 9.17) is 10.2 Å². The Morgan fingerprint density at radius 2 is 2.10 bits per heavy atom. The molecule has 1 aromatic heterocycles. The van der Waals surface area contributed by atoms with Gasteiger partial charge in [-0.15, -0.1) is 0 Å². The zero-order valence-corrected chi connectivity index (χ0v) is 11.9. The maximum absolute atomic E-state index is 11.8. The lowest BCUT2D eigenvalue weighted by molar-refractivity contribution is 0.0930. The Bertz CT molecular complexity index is 734. The number of fused-ring (bicyclic) bond motifs is 1. The van der Waals surface area contributed by atoms with Crippen molar-refractivity contribution in [3.05, 3.63) is 30.0 Å². The molecular weight excluding hydrogens is 280 g/mol. The van der Waals surface area contributed by atoms with Gasteiger partial charge in [-0.1, -0.05) is 6.92 Å². The molecule has 2 aromatic rings. The molecule has 1 heterocycles. The molecule has 0 fully saturated rings. The molecule has 0 radical (unpaired) electrons. The Kier molecular flexibility index (Phi) is 3.99. The maximum Gasteiger partial charge on any atom is 0.287 e. The number of benzene rings is 1. The number of amides is 1. The summed E-state index contributed by atoms with van der Waals surface area (Å²) >= 11 is 0. The average Bonchev–Trinajstić information content (AvgIpc) is 2.81. The SMILES string of the molecule is CCS(=O)(=O)CCNC(=O)c1cc2cc(N)ccc2o1. The Balaban J connectivity index is 2.04. The minimum Gasteiger partial charge on any atom is -0.451 e. The Labute approximate surface area is 116 Å². The number of hydrogen-bond donors (Lipinski definition) is 2. The Morgan fingerprint density at radius 3 is 2.80 bits per heavy atom. The van der Waals surface area contributed by atoms with E-state index in [0.717, 1.165) is 5.39 Å². The van der Waals surface area contributed by atoms with Crippen LogP contribution in [-0.4, -0.2) is 32.4 Å². The predicted octanol–water partition coefficient (Wildman–Crippen LogP) is 1.18. The van der Waals surface area contributed by atoms with E-state index in [1.807, 2.05) is 0 Å². The van der Waals surface area contributed by atoms with Gasteiger partial charge in [0.25, 0.3) is 5.91 Å². The molecule has 0 saturated carbocycles. The lowest BCUT2D eigenvalue weighted by atomic mass is 10.2. The van der Waals surface area contributed by atoms with Crippen LogP contribution >= 0.6 is 0 Å². The van der Waals surface area contributed by atoms with E-state index in [0.29, 0.717) is 11.3 Å². The molecular formula is C13H16N2O4S. The quantitative estimate of drug-likeness (QED) is 0.807. The van der Waals surface area contributed by atoms with Crippen LogP contribution in [0.2, 0.25) is 0 Å². The molecule has 2 rings (SSSR count). The van der Waals surface area contributed by atoms with Crippen molar-refractivity contribution in [2.75, 3.05) is 23.8 Å². The van der Waals surface area contributed by atoms with Gasteiger partial charge in [0.15, 0.2) is 15.6 Å². The highest BCUT2D eigenvalue weighted by Gasteiger charge is 2.13. The molecule has 20 heavy (non-hydrogen) atoms. The van der Waals surface area contributed by atoms with Crippen molar-refractivity contribution in [1.82, 2.24) is 5.32 Å². The third kappa shape index (κ3) is 3.30. The van der Waals surface area contributed by atoms with Crippen LogP contribution in [0.1, 0.15) is 17.5 Å². The largest absolute Gasteiger partial charge is 0.451 e. The summed E-state index contributed by atoms with van der Waals surface area (Å²) in [6, 6.07) is 6.65. The van der Waals surface area contributed by atoms with Crippen molar-refractivity contribution < 1.29 is 17.6 Å². The van der Waals surface area contributed by atoms with Gasteiger partial charge >= 0.3 is 0 Å². The first kappa shape index (κ1) is 14.4. The summed E-state index contributed by atoms with van der Waals surface area (Å²) in [5, 5.41) is 3.25. The number of anilines is 1. The summed E-state index contributed by atoms with van der Waals surface area (Å²) in [5.74, 6) is -0.319. The van der Waals surface area contributed by atoms with Crippen LogP contribution in [0.15, 0.2) is 28.7 Å². The summed E-state index contributed by atoms with van der Waals surface area (Å²) in [4.78, 5) is 11.8. The molecule has 1 aromatic carbocycles. The number of carbonyl (C=O) groups is 1. The van der Waals surface area contributed by atoms with E-state index in [-0.39, 0.29) is 23.8 Å². The second-order valence-corrected chi connectivity index (χ2v) is 6.87. The molecule has 0 saturated heterocycles. The second-order valence-electron chi connectivity index (χ2n) is 4.40. The number of nitrogens with one attached hydrogen (secondary N) is 1. The molecule has 0 atom stereocenters. The molecule has 108 valence electrons. The number of sulfone groups is 1. The third-order valence-corrected chi connectivity index (χ3v) is 4.61. The number of nitrogens with two attached hydrogens (primary N) is 1. The van der Waals surface area contributed by atoms with E-state index in [2.05, 4.69) is 5.32 Å². The van der Waals surface area contributed by atoms with Crippen LogP contribution in [0, 0.1) is 0 Å². The van der Waals surface area contributed by atoms with Crippen LogP contribution in [0.25, 0.3) is 11.0 Å². The minimum absolute atomic E-state index is 0.0623. The van der Waals surface area contributed by atoms with Crippen molar-refractivity contribution in [3.63, 3.8) is 0 Å². The van der Waals surface area contributed by atoms with Gasteiger partial charge < -0.3 is 15.5 Å². The van der Waals surface area contributed by atoms with Gasteiger partial charge in [-0.3, -0.25) is 4.79 Å². The van der Waals surface area contributed by atoms with Gasteiger partial charge in [0.1, 0.15) is 5.58 Å². The molecule has 0 unspecified atom stereocenters. The second kappa shape index (κ2) is 5.54. The lowest BCUT2D eigenvalue weighted by Gasteiger charge is -2.02. The number of carbonyl (C=O) groups excluding carboxylic acids is 1. The monoisotopic (exact) mass is 296 g/mol. The maximum atomic E-state index is 11.8. The summed E-state index contributed by atoms with van der Waals surface area (Å²) < 4.78 is 28.0. The molecule has 0 aliphatic rings. The van der Waals surface area contributed by atoms with Crippen molar-refractivity contribution >= 4 is 32.4 Å². The van der Waals surface area contributed by atoms with Gasteiger partial charge in [-0.25, -0.2) is 8.42 Å². The number of furan rings is 1. The van der Waals surface area contributed by atoms with E-state index in [9.17, 15) is 13.2 Å². The smallest absolute Gasteiger partial charge is 0.287 e. The van der Waals surface area contributed by atoms with Crippen LogP contribution in [-0.2, 0) is 9.84 Å². The predicted molar refractivity (Wildman–Crippen MR) is 77.3 cm³/mol. The van der Waals surface area contributed by atoms with Crippen LogP contribution < -0.4 is 11.1 Å². The normalized spacial score (nSPS) is 11.7. The van der Waals surface area contributed by atoms with Gasteiger partial charge in [0, 0.05) is 23.4 Å². The Hall–Kier alpha value is -2.02. The van der Waals surface area contributed by atoms with Crippen molar-refractivity contribution in [2.45, 2.75) is 6.92 Å². The molecule has 3 N–H and O–H groups in total. The molecule has 6 nitrogen and oxygen atoms in total. The lowest BCUT2D eigenvalue weighted by Crippen LogP contribution is -2.29. The zero-order chi connectivity index (χ0) is 14.8. The number of hydrogen-bond acceptors (Lipinski definition) is 5. The summed E-state index contributed by atoms with van der Waals surface area (Å²) in [6.07, 6.45) is 0. The first-order valence-corrected chi connectivity index (χ1v) is 8.01. The first-order valence-electron chi connectivity index (χ1n) is 6.19. The van der Waals surface area contributed by atoms with E-state index in [1.54, 1.807) is 31.2 Å². The van der Waals surface area contributed by atoms with Gasteiger partial charge in [0.05, 0.1) is 5.75 Å². The van der Waals surface area contributed by atoms with Crippen molar-refractivity contribution in [1.29, 1.82) is 0 Å². The Morgan fingerprint density at radius 1 is 1.35 bits per heavy atom. The molecule has 1 amide bonds. The van der Waals surface area contributed by atoms with Crippen molar-refractivity contribution in [3.8, 4) is 0 Å². The molecule has 0 aliphatic heterocycles. The zero-order valence-electron chi connectivity index (χ0n) is 11.0. The van der Waals surface area contributed by atoms with Gasteiger partial charge in [-0.2, -0.15) is 0 Å². The minimum atomic E-state index is -3.09. The van der Waals surface area contributed by atoms with Crippen LogP contribution in [0.3, 0.4) is 0 Å². The number of rotatable bonds is 5. The van der Waals surface area contributed by atoms with Gasteiger partial charge in [0.2, 0.25) is 0 Å². The summed E-state index contributed by atoms with van der Waals surface area (Å²) in [7, 11) is -3.09. The van der Waals surface area contributed by atoms with Crippen LogP contribution in [0.5, 0.6) is 0 Å². The average molecular weight is 296 g/mol. The highest BCUT2D eigenvalue weighted by Crippen LogP contribution is 2.21. The highest BCUT2D eigenvalue weighted by molar-refractivity contribution is 7.91. The fourth-order valence-corrected chi connectivity index (χ4v) is 2.43. The highest BCUT2D eigenvalue weighted by atomic mass is 32.2. The van der Waals surface area contributed by atoms with E-state index < -0.39 is 15.7 Å². The van der Waals surface area contributed by atoms with Crippen LogP contribution in [0.4, 0.5) is 5.69 Å². The third-order valence-electron chi connectivity index (χ3n) is 2.90. The molecule has 0 spiro atoms. The molecule has 0 bridgehead atoms. The molecule has 0 aliphatic carbocycles.